The van der Waals surface area contributed by atoms with Crippen molar-refractivity contribution < 1.29 is 4.79 Å². The van der Waals surface area contributed by atoms with Gasteiger partial charge in [-0.15, -0.1) is 0 Å². The molecule has 0 spiro atoms. The second-order valence-corrected chi connectivity index (χ2v) is 8.62. The van der Waals surface area contributed by atoms with Crippen LogP contribution in [-0.2, 0) is 26.4 Å². The Labute approximate surface area is 181 Å². The second kappa shape index (κ2) is 9.60. The fraction of sp³-hybridized carbons (Fsp3) is 0.565. The van der Waals surface area contributed by atoms with Crippen molar-refractivity contribution in [3.8, 4) is 0 Å². The van der Waals surface area contributed by atoms with E-state index in [-0.39, 0.29) is 28.6 Å². The molecule has 8 nitrogen and oxygen atoms in total. The van der Waals surface area contributed by atoms with Crippen molar-refractivity contribution in [3.05, 3.63) is 61.9 Å². The summed E-state index contributed by atoms with van der Waals surface area (Å²) in [7, 11) is 1.64. The van der Waals surface area contributed by atoms with Crippen LogP contribution >= 0.6 is 0 Å². The largest absolute Gasteiger partial charge is 0.350 e. The predicted molar refractivity (Wildman–Crippen MR) is 118 cm³/mol. The average Bonchev–Trinajstić information content (AvgIpc) is 2.78. The van der Waals surface area contributed by atoms with Gasteiger partial charge in [0.25, 0.3) is 17.0 Å². The molecule has 0 saturated carbocycles. The van der Waals surface area contributed by atoms with Crippen LogP contribution in [0.15, 0.2) is 34.0 Å². The second-order valence-electron chi connectivity index (χ2n) is 8.62. The van der Waals surface area contributed by atoms with Gasteiger partial charge in [0.1, 0.15) is 5.56 Å². The summed E-state index contributed by atoms with van der Waals surface area (Å²) >= 11 is 0. The summed E-state index contributed by atoms with van der Waals surface area (Å²) < 4.78 is 3.01. The fourth-order valence-electron chi connectivity index (χ4n) is 4.65. The molecule has 166 valence electrons. The average molecular weight is 426 g/mol. The van der Waals surface area contributed by atoms with Gasteiger partial charge in [-0.05, 0) is 62.8 Å². The lowest BCUT2D eigenvalue weighted by Crippen LogP contribution is -2.48. The number of carbonyl (C=O) groups is 1. The van der Waals surface area contributed by atoms with E-state index in [0.717, 1.165) is 69.3 Å². The molecule has 1 unspecified atom stereocenters. The summed E-state index contributed by atoms with van der Waals surface area (Å²) in [5.41, 5.74) is 2.02. The highest BCUT2D eigenvalue weighted by Crippen LogP contribution is 2.18. The maximum absolute atomic E-state index is 12.5. The van der Waals surface area contributed by atoms with E-state index in [1.165, 1.54) is 4.57 Å². The van der Waals surface area contributed by atoms with Gasteiger partial charge in [-0.25, -0.2) is 4.68 Å². The summed E-state index contributed by atoms with van der Waals surface area (Å²) in [6.45, 7) is 2.70. The monoisotopic (exact) mass is 425 g/mol. The number of aryl methyl sites for hydroxylation is 3. The molecule has 1 aliphatic heterocycles. The van der Waals surface area contributed by atoms with Gasteiger partial charge in [0.15, 0.2) is 0 Å². The van der Waals surface area contributed by atoms with Crippen molar-refractivity contribution >= 4 is 5.91 Å². The van der Waals surface area contributed by atoms with E-state index in [1.807, 2.05) is 0 Å². The van der Waals surface area contributed by atoms with Gasteiger partial charge in [0.05, 0.1) is 12.2 Å². The van der Waals surface area contributed by atoms with Crippen LogP contribution < -0.4 is 16.4 Å². The zero-order valence-electron chi connectivity index (χ0n) is 18.2. The maximum atomic E-state index is 12.5. The van der Waals surface area contributed by atoms with Gasteiger partial charge in [0.2, 0.25) is 0 Å². The Bertz CT molecular complexity index is 1060. The molecule has 1 amide bonds. The molecule has 2 aromatic heterocycles. The van der Waals surface area contributed by atoms with Gasteiger partial charge in [-0.1, -0.05) is 6.42 Å². The van der Waals surface area contributed by atoms with Crippen molar-refractivity contribution in [2.24, 2.45) is 7.05 Å². The lowest BCUT2D eigenvalue weighted by molar-refractivity contribution is 0.0907. The molecule has 0 aromatic carbocycles. The quantitative estimate of drug-likeness (QED) is 0.749. The van der Waals surface area contributed by atoms with Crippen LogP contribution in [0.2, 0.25) is 0 Å². The summed E-state index contributed by atoms with van der Waals surface area (Å²) in [4.78, 5) is 39.5. The first-order valence-electron chi connectivity index (χ1n) is 11.3. The number of hydrogen-bond donors (Lipinski definition) is 1. The van der Waals surface area contributed by atoms with Crippen LogP contribution in [0.25, 0.3) is 0 Å². The Balaban J connectivity index is 1.38. The minimum atomic E-state index is -0.334. The molecule has 0 bridgehead atoms. The molecule has 4 rings (SSSR count). The van der Waals surface area contributed by atoms with E-state index in [0.29, 0.717) is 13.1 Å². The molecule has 1 saturated heterocycles. The number of hydrogen-bond acceptors (Lipinski definition) is 5. The summed E-state index contributed by atoms with van der Waals surface area (Å²) in [6.07, 6.45) is 9.02. The Kier molecular flexibility index (Phi) is 6.65. The normalized spacial score (nSPS) is 19.1. The number of nitrogens with one attached hydrogen (secondary N) is 1. The predicted octanol–water partition coefficient (Wildman–Crippen LogP) is 1.11. The third-order valence-corrected chi connectivity index (χ3v) is 6.49. The SMILES string of the molecule is Cn1cccc(C(=O)NCC2CCCCN2CCn2nc3c(cc2=O)CCCC3)c1=O. The van der Waals surface area contributed by atoms with Crippen LogP contribution in [0.3, 0.4) is 0 Å². The van der Waals surface area contributed by atoms with Crippen molar-refractivity contribution in [2.45, 2.75) is 57.5 Å². The Morgan fingerprint density at radius 1 is 1.16 bits per heavy atom. The van der Waals surface area contributed by atoms with Crippen molar-refractivity contribution in [2.75, 3.05) is 19.6 Å². The lowest BCUT2D eigenvalue weighted by Gasteiger charge is -2.35. The number of amides is 1. The third-order valence-electron chi connectivity index (χ3n) is 6.49. The standard InChI is InChI=1S/C23H31N5O3/c1-26-11-6-9-19(23(26)31)22(30)24-16-18-8-4-5-12-27(18)13-14-28-21(29)15-17-7-2-3-10-20(17)25-28/h6,9,11,15,18H,2-5,7-8,10,12-14,16H2,1H3,(H,24,30). The smallest absolute Gasteiger partial charge is 0.267 e. The van der Waals surface area contributed by atoms with Gasteiger partial charge < -0.3 is 9.88 Å². The zero-order valence-corrected chi connectivity index (χ0v) is 18.2. The van der Waals surface area contributed by atoms with Crippen molar-refractivity contribution in [1.29, 1.82) is 0 Å². The topological polar surface area (TPSA) is 89.2 Å². The molecule has 3 heterocycles. The van der Waals surface area contributed by atoms with Gasteiger partial charge in [-0.3, -0.25) is 19.3 Å². The van der Waals surface area contributed by atoms with Crippen LogP contribution in [0, 0.1) is 0 Å². The maximum Gasteiger partial charge on any atom is 0.267 e. The first kappa shape index (κ1) is 21.5. The summed E-state index contributed by atoms with van der Waals surface area (Å²) in [6, 6.07) is 5.21. The Hall–Kier alpha value is -2.74. The van der Waals surface area contributed by atoms with Crippen LogP contribution in [-0.4, -0.2) is 50.8 Å². The zero-order chi connectivity index (χ0) is 21.8. The van der Waals surface area contributed by atoms with E-state index in [1.54, 1.807) is 36.1 Å². The van der Waals surface area contributed by atoms with Gasteiger partial charge >= 0.3 is 0 Å². The number of pyridine rings is 1. The van der Waals surface area contributed by atoms with Crippen molar-refractivity contribution in [3.63, 3.8) is 0 Å². The van der Waals surface area contributed by atoms with Crippen LogP contribution in [0.4, 0.5) is 0 Å². The fourth-order valence-corrected chi connectivity index (χ4v) is 4.65. The number of nitrogens with zero attached hydrogens (tertiary/aromatic N) is 4. The number of aromatic nitrogens is 3. The van der Waals surface area contributed by atoms with E-state index in [2.05, 4.69) is 15.3 Å². The highest BCUT2D eigenvalue weighted by Gasteiger charge is 2.24. The number of likely N-dealkylation sites (tertiary alicyclic amines) is 1. The minimum Gasteiger partial charge on any atom is -0.350 e. The summed E-state index contributed by atoms with van der Waals surface area (Å²) in [5, 5.41) is 7.56. The van der Waals surface area contributed by atoms with Crippen LogP contribution in [0.5, 0.6) is 0 Å². The molecular weight excluding hydrogens is 394 g/mol. The third kappa shape index (κ3) is 4.95. The molecule has 1 N–H and O–H groups in total. The van der Waals surface area contributed by atoms with E-state index < -0.39 is 0 Å². The molecule has 0 radical (unpaired) electrons. The van der Waals surface area contributed by atoms with E-state index in [4.69, 9.17) is 0 Å². The van der Waals surface area contributed by atoms with E-state index >= 15 is 0 Å². The minimum absolute atomic E-state index is 0.0255. The first-order chi connectivity index (χ1) is 15.0. The molecule has 2 aliphatic rings. The lowest BCUT2D eigenvalue weighted by atomic mass is 9.97. The number of fused-ring (bicyclic) bond motifs is 1. The highest BCUT2D eigenvalue weighted by molar-refractivity contribution is 5.93. The molecule has 8 heteroatoms. The molecule has 1 aliphatic carbocycles. The Morgan fingerprint density at radius 3 is 2.87 bits per heavy atom. The van der Waals surface area contributed by atoms with Crippen molar-refractivity contribution in [1.82, 2.24) is 24.6 Å². The van der Waals surface area contributed by atoms with Gasteiger partial charge in [0, 0.05) is 38.4 Å². The molecule has 1 atom stereocenters. The van der Waals surface area contributed by atoms with E-state index in [9.17, 15) is 14.4 Å². The Morgan fingerprint density at radius 2 is 2.00 bits per heavy atom. The number of piperidine rings is 1. The molecule has 2 aromatic rings. The van der Waals surface area contributed by atoms with Crippen LogP contribution in [0.1, 0.15) is 53.7 Å². The molecular formula is C23H31N5O3. The summed E-state index contributed by atoms with van der Waals surface area (Å²) in [5.74, 6) is -0.334. The number of rotatable bonds is 6. The first-order valence-corrected chi connectivity index (χ1v) is 11.3. The van der Waals surface area contributed by atoms with Gasteiger partial charge in [-0.2, -0.15) is 5.10 Å². The number of carbonyl (C=O) groups excluding carboxylic acids is 1. The highest BCUT2D eigenvalue weighted by atomic mass is 16.2. The molecule has 31 heavy (non-hydrogen) atoms. The molecule has 1 fully saturated rings.